The second kappa shape index (κ2) is 3.99. The average Bonchev–Trinajstić information content (AvgIpc) is 2.28. The van der Waals surface area contributed by atoms with Gasteiger partial charge in [0.05, 0.1) is 11.6 Å². The first-order valence-corrected chi connectivity index (χ1v) is 5.16. The Morgan fingerprint density at radius 2 is 2.19 bits per heavy atom. The minimum absolute atomic E-state index is 0.00966. The van der Waals surface area contributed by atoms with E-state index in [1.807, 2.05) is 0 Å². The van der Waals surface area contributed by atoms with Crippen LogP contribution in [0.5, 0.6) is 5.75 Å². The Balaban J connectivity index is 2.83. The summed E-state index contributed by atoms with van der Waals surface area (Å²) < 4.78 is 10.8. The summed E-state index contributed by atoms with van der Waals surface area (Å²) in [6.07, 6.45) is 0. The van der Waals surface area contributed by atoms with E-state index in [0.717, 1.165) is 4.47 Å². The van der Waals surface area contributed by atoms with Gasteiger partial charge in [-0.15, -0.1) is 0 Å². The lowest BCUT2D eigenvalue weighted by atomic mass is 10.2. The highest BCUT2D eigenvalue weighted by atomic mass is 79.9. The number of fused-ring (bicyclic) bond motifs is 1. The summed E-state index contributed by atoms with van der Waals surface area (Å²) in [5.74, 6) is 0.570. The van der Waals surface area contributed by atoms with Crippen LogP contribution >= 0.6 is 15.9 Å². The van der Waals surface area contributed by atoms with Gasteiger partial charge in [-0.05, 0) is 28.1 Å². The van der Waals surface area contributed by atoms with Gasteiger partial charge >= 0.3 is 5.63 Å². The molecule has 2 aromatic rings. The number of nitrogens with zero attached hydrogens (tertiary/aromatic N) is 1. The molecule has 80 valence electrons. The molecule has 4 nitrogen and oxygen atoms in total. The first-order valence-electron chi connectivity index (χ1n) is 4.37. The maximum absolute atomic E-state index is 11.3. The Bertz CT molecular complexity index is 655. The molecule has 0 saturated heterocycles. The summed E-state index contributed by atoms with van der Waals surface area (Å²) >= 11 is 3.31. The van der Waals surface area contributed by atoms with Gasteiger partial charge < -0.3 is 9.15 Å². The van der Waals surface area contributed by atoms with Crippen LogP contribution < -0.4 is 10.4 Å². The zero-order valence-corrected chi connectivity index (χ0v) is 9.87. The zero-order valence-electron chi connectivity index (χ0n) is 8.28. The Morgan fingerprint density at radius 1 is 1.44 bits per heavy atom. The minimum atomic E-state index is -0.639. The Labute approximate surface area is 99.2 Å². The molecule has 0 aliphatic heterocycles. The Hall–Kier alpha value is -1.80. The van der Waals surface area contributed by atoms with Crippen molar-refractivity contribution in [1.29, 1.82) is 5.26 Å². The predicted octanol–water partition coefficient (Wildman–Crippen LogP) is 2.44. The number of nitriles is 1. The molecule has 0 saturated carbocycles. The lowest BCUT2D eigenvalue weighted by Crippen LogP contribution is -2.03. The van der Waals surface area contributed by atoms with Crippen LogP contribution in [-0.2, 0) is 0 Å². The number of ether oxygens (including phenoxy) is 1. The molecule has 1 aromatic heterocycles. The quantitative estimate of drug-likeness (QED) is 0.752. The molecule has 0 aliphatic rings. The van der Waals surface area contributed by atoms with Crippen molar-refractivity contribution in [3.05, 3.63) is 38.7 Å². The molecule has 0 N–H and O–H groups in total. The van der Waals surface area contributed by atoms with Crippen LogP contribution in [0.2, 0.25) is 0 Å². The number of methoxy groups -OCH3 is 1. The summed E-state index contributed by atoms with van der Waals surface area (Å²) in [5.41, 5.74) is -0.256. The van der Waals surface area contributed by atoms with Crippen molar-refractivity contribution in [1.82, 2.24) is 0 Å². The van der Waals surface area contributed by atoms with Gasteiger partial charge in [0, 0.05) is 11.5 Å². The van der Waals surface area contributed by atoms with E-state index in [2.05, 4.69) is 15.9 Å². The van der Waals surface area contributed by atoms with Gasteiger partial charge in [-0.2, -0.15) is 5.26 Å². The molecule has 0 unspecified atom stereocenters. The standard InChI is InChI=1S/C11H6BrNO3/c1-15-10-4-9-6(3-8(10)12)2-7(5-13)11(14)16-9/h2-4H,1H3. The van der Waals surface area contributed by atoms with Crippen LogP contribution in [0.25, 0.3) is 11.0 Å². The lowest BCUT2D eigenvalue weighted by molar-refractivity contribution is 0.411. The van der Waals surface area contributed by atoms with Crippen molar-refractivity contribution in [3.8, 4) is 11.8 Å². The fraction of sp³-hybridized carbons (Fsp3) is 0.0909. The molecule has 0 atom stereocenters. The molecule has 0 amide bonds. The third-order valence-electron chi connectivity index (χ3n) is 2.13. The highest BCUT2D eigenvalue weighted by Gasteiger charge is 2.08. The Morgan fingerprint density at radius 3 is 2.81 bits per heavy atom. The van der Waals surface area contributed by atoms with Gasteiger partial charge in [-0.1, -0.05) is 0 Å². The summed E-state index contributed by atoms with van der Waals surface area (Å²) in [6, 6.07) is 6.61. The predicted molar refractivity (Wildman–Crippen MR) is 61.5 cm³/mol. The van der Waals surface area contributed by atoms with Crippen molar-refractivity contribution in [2.45, 2.75) is 0 Å². The molecular weight excluding hydrogens is 274 g/mol. The maximum Gasteiger partial charge on any atom is 0.354 e. The normalized spacial score (nSPS) is 10.1. The Kier molecular flexibility index (Phi) is 2.67. The van der Waals surface area contributed by atoms with Crippen LogP contribution in [0.1, 0.15) is 5.56 Å². The monoisotopic (exact) mass is 279 g/mol. The molecule has 0 aliphatic carbocycles. The van der Waals surface area contributed by atoms with Crippen LogP contribution in [0.3, 0.4) is 0 Å². The second-order valence-electron chi connectivity index (χ2n) is 3.08. The number of rotatable bonds is 1. The van der Waals surface area contributed by atoms with E-state index >= 15 is 0 Å². The van der Waals surface area contributed by atoms with E-state index in [9.17, 15) is 4.79 Å². The highest BCUT2D eigenvalue weighted by molar-refractivity contribution is 9.10. The fourth-order valence-electron chi connectivity index (χ4n) is 1.35. The minimum Gasteiger partial charge on any atom is -0.495 e. The SMILES string of the molecule is COc1cc2oc(=O)c(C#N)cc2cc1Br. The van der Waals surface area contributed by atoms with Gasteiger partial charge in [-0.25, -0.2) is 4.79 Å². The fourth-order valence-corrected chi connectivity index (χ4v) is 1.88. The highest BCUT2D eigenvalue weighted by Crippen LogP contribution is 2.29. The zero-order chi connectivity index (χ0) is 11.7. The van der Waals surface area contributed by atoms with Gasteiger partial charge in [-0.3, -0.25) is 0 Å². The number of hydrogen-bond donors (Lipinski definition) is 0. The van der Waals surface area contributed by atoms with Gasteiger partial charge in [0.2, 0.25) is 0 Å². The smallest absolute Gasteiger partial charge is 0.354 e. The second-order valence-corrected chi connectivity index (χ2v) is 3.94. The molecule has 5 heteroatoms. The first kappa shape index (κ1) is 10.7. The van der Waals surface area contributed by atoms with E-state index < -0.39 is 5.63 Å². The topological polar surface area (TPSA) is 63.2 Å². The lowest BCUT2D eigenvalue weighted by Gasteiger charge is -2.04. The number of halogens is 1. The van der Waals surface area contributed by atoms with Crippen molar-refractivity contribution in [2.75, 3.05) is 7.11 Å². The van der Waals surface area contributed by atoms with E-state index in [0.29, 0.717) is 16.7 Å². The third kappa shape index (κ3) is 1.68. The molecule has 16 heavy (non-hydrogen) atoms. The van der Waals surface area contributed by atoms with E-state index in [1.54, 1.807) is 18.2 Å². The van der Waals surface area contributed by atoms with E-state index in [1.165, 1.54) is 13.2 Å². The average molecular weight is 280 g/mol. The van der Waals surface area contributed by atoms with Crippen molar-refractivity contribution in [2.24, 2.45) is 0 Å². The third-order valence-corrected chi connectivity index (χ3v) is 2.75. The summed E-state index contributed by atoms with van der Waals surface area (Å²) in [6.45, 7) is 0. The van der Waals surface area contributed by atoms with Crippen molar-refractivity contribution >= 4 is 26.9 Å². The van der Waals surface area contributed by atoms with Gasteiger partial charge in [0.25, 0.3) is 0 Å². The molecule has 0 spiro atoms. The maximum atomic E-state index is 11.3. The van der Waals surface area contributed by atoms with E-state index in [-0.39, 0.29) is 5.56 Å². The van der Waals surface area contributed by atoms with E-state index in [4.69, 9.17) is 14.4 Å². The van der Waals surface area contributed by atoms with Crippen LogP contribution in [0.4, 0.5) is 0 Å². The number of benzene rings is 1. The molecular formula is C11H6BrNO3. The van der Waals surface area contributed by atoms with Crippen LogP contribution in [-0.4, -0.2) is 7.11 Å². The number of hydrogen-bond acceptors (Lipinski definition) is 4. The molecule has 1 aromatic carbocycles. The molecule has 0 bridgehead atoms. The molecule has 0 radical (unpaired) electrons. The van der Waals surface area contributed by atoms with Gasteiger partial charge in [0.15, 0.2) is 0 Å². The molecule has 2 rings (SSSR count). The summed E-state index contributed by atoms with van der Waals surface area (Å²) in [4.78, 5) is 11.3. The largest absolute Gasteiger partial charge is 0.495 e. The molecule has 0 fully saturated rings. The van der Waals surface area contributed by atoms with Crippen molar-refractivity contribution < 1.29 is 9.15 Å². The van der Waals surface area contributed by atoms with Crippen molar-refractivity contribution in [3.63, 3.8) is 0 Å². The van der Waals surface area contributed by atoms with Crippen LogP contribution in [0, 0.1) is 11.3 Å². The summed E-state index contributed by atoms with van der Waals surface area (Å²) in [5, 5.41) is 9.37. The molecule has 1 heterocycles. The summed E-state index contributed by atoms with van der Waals surface area (Å²) in [7, 11) is 1.52. The van der Waals surface area contributed by atoms with Crippen LogP contribution in [0.15, 0.2) is 31.9 Å². The van der Waals surface area contributed by atoms with Gasteiger partial charge in [0.1, 0.15) is 23.0 Å². The first-order chi connectivity index (χ1) is 7.65.